The van der Waals surface area contributed by atoms with Crippen LogP contribution in [0, 0.1) is 0 Å². The van der Waals surface area contributed by atoms with Crippen molar-refractivity contribution in [3.8, 4) is 0 Å². The Labute approximate surface area is 86.9 Å². The van der Waals surface area contributed by atoms with Gasteiger partial charge in [0.2, 0.25) is 0 Å². The smallest absolute Gasteiger partial charge is 0.319 e. The molecular formula is C10H11N3O2. The van der Waals surface area contributed by atoms with Crippen molar-refractivity contribution in [1.29, 1.82) is 0 Å². The Hall–Kier alpha value is -1.91. The number of pyridine rings is 1. The van der Waals surface area contributed by atoms with Gasteiger partial charge < -0.3 is 5.32 Å². The van der Waals surface area contributed by atoms with Gasteiger partial charge in [-0.15, -0.1) is 0 Å². The Morgan fingerprint density at radius 1 is 1.33 bits per heavy atom. The molecular weight excluding hydrogens is 194 g/mol. The highest BCUT2D eigenvalue weighted by Crippen LogP contribution is 2.27. The van der Waals surface area contributed by atoms with E-state index < -0.39 is 11.6 Å². The molecule has 2 heterocycles. The van der Waals surface area contributed by atoms with Gasteiger partial charge in [-0.25, -0.2) is 4.79 Å². The second-order valence-corrected chi connectivity index (χ2v) is 3.40. The average molecular weight is 205 g/mol. The van der Waals surface area contributed by atoms with Gasteiger partial charge in [-0.2, -0.15) is 0 Å². The molecule has 1 aromatic heterocycles. The molecule has 1 aliphatic rings. The predicted octanol–water partition coefficient (Wildman–Crippen LogP) is 0.526. The summed E-state index contributed by atoms with van der Waals surface area (Å²) < 4.78 is 0. The van der Waals surface area contributed by atoms with Crippen molar-refractivity contribution in [3.05, 3.63) is 30.1 Å². The first-order valence-electron chi connectivity index (χ1n) is 4.73. The van der Waals surface area contributed by atoms with E-state index in [0.29, 0.717) is 6.42 Å². The molecule has 0 radical (unpaired) electrons. The Bertz CT molecular complexity index is 404. The van der Waals surface area contributed by atoms with E-state index >= 15 is 0 Å². The van der Waals surface area contributed by atoms with Crippen LogP contribution in [0.2, 0.25) is 0 Å². The molecule has 5 heteroatoms. The zero-order valence-electron chi connectivity index (χ0n) is 8.28. The van der Waals surface area contributed by atoms with Crippen molar-refractivity contribution in [2.24, 2.45) is 0 Å². The lowest BCUT2D eigenvalue weighted by Crippen LogP contribution is -2.43. The molecule has 0 saturated carbocycles. The van der Waals surface area contributed by atoms with E-state index in [1.54, 1.807) is 24.5 Å². The highest BCUT2D eigenvalue weighted by Gasteiger charge is 2.45. The second kappa shape index (κ2) is 3.34. The molecule has 1 unspecified atom stereocenters. The highest BCUT2D eigenvalue weighted by atomic mass is 16.2. The number of carbonyl (C=O) groups excluding carboxylic acids is 2. The van der Waals surface area contributed by atoms with Crippen LogP contribution in [0.15, 0.2) is 24.5 Å². The number of aromatic nitrogens is 1. The van der Waals surface area contributed by atoms with E-state index in [2.05, 4.69) is 15.6 Å². The first-order valence-corrected chi connectivity index (χ1v) is 4.73. The Kier molecular flexibility index (Phi) is 2.15. The van der Waals surface area contributed by atoms with Crippen LogP contribution < -0.4 is 10.6 Å². The van der Waals surface area contributed by atoms with Crippen LogP contribution in [0.1, 0.15) is 18.9 Å². The fourth-order valence-electron chi connectivity index (χ4n) is 1.78. The van der Waals surface area contributed by atoms with Crippen LogP contribution in [0.25, 0.3) is 0 Å². The van der Waals surface area contributed by atoms with Crippen molar-refractivity contribution < 1.29 is 9.59 Å². The van der Waals surface area contributed by atoms with E-state index in [1.165, 1.54) is 0 Å². The topological polar surface area (TPSA) is 71.1 Å². The van der Waals surface area contributed by atoms with E-state index in [0.717, 1.165) is 5.56 Å². The molecule has 0 aliphatic carbocycles. The molecule has 2 N–H and O–H groups in total. The van der Waals surface area contributed by atoms with Crippen LogP contribution in [-0.4, -0.2) is 16.9 Å². The zero-order valence-corrected chi connectivity index (χ0v) is 8.28. The molecule has 0 spiro atoms. The van der Waals surface area contributed by atoms with E-state index in [4.69, 9.17) is 0 Å². The zero-order chi connectivity index (χ0) is 10.9. The van der Waals surface area contributed by atoms with Gasteiger partial charge >= 0.3 is 6.03 Å². The molecule has 1 saturated heterocycles. The maximum atomic E-state index is 11.7. The van der Waals surface area contributed by atoms with Crippen molar-refractivity contribution in [3.63, 3.8) is 0 Å². The lowest BCUT2D eigenvalue weighted by molar-refractivity contribution is -0.124. The Morgan fingerprint density at radius 2 is 2.00 bits per heavy atom. The second-order valence-electron chi connectivity index (χ2n) is 3.40. The van der Waals surface area contributed by atoms with Crippen LogP contribution in [0.3, 0.4) is 0 Å². The number of rotatable bonds is 2. The van der Waals surface area contributed by atoms with Crippen molar-refractivity contribution in [2.45, 2.75) is 18.9 Å². The lowest BCUT2D eigenvalue weighted by Gasteiger charge is -2.24. The van der Waals surface area contributed by atoms with Crippen molar-refractivity contribution in [2.75, 3.05) is 0 Å². The van der Waals surface area contributed by atoms with Gasteiger partial charge in [-0.05, 0) is 24.1 Å². The van der Waals surface area contributed by atoms with Gasteiger partial charge in [0.1, 0.15) is 5.54 Å². The molecule has 1 fully saturated rings. The maximum Gasteiger partial charge on any atom is 0.322 e. The number of hydrogen-bond acceptors (Lipinski definition) is 3. The molecule has 1 atom stereocenters. The molecule has 5 nitrogen and oxygen atoms in total. The minimum Gasteiger partial charge on any atom is -0.319 e. The van der Waals surface area contributed by atoms with Crippen molar-refractivity contribution >= 4 is 11.9 Å². The minimum absolute atomic E-state index is 0.304. The molecule has 3 amide bonds. The first-order chi connectivity index (χ1) is 7.19. The summed E-state index contributed by atoms with van der Waals surface area (Å²) in [4.78, 5) is 26.7. The van der Waals surface area contributed by atoms with Crippen LogP contribution in [0.4, 0.5) is 4.79 Å². The normalized spacial score (nSPS) is 24.9. The minimum atomic E-state index is -0.931. The Balaban J connectivity index is 2.47. The predicted molar refractivity (Wildman–Crippen MR) is 52.9 cm³/mol. The van der Waals surface area contributed by atoms with Gasteiger partial charge in [0.25, 0.3) is 5.91 Å². The van der Waals surface area contributed by atoms with Gasteiger partial charge in [-0.3, -0.25) is 15.1 Å². The van der Waals surface area contributed by atoms with Crippen LogP contribution in [-0.2, 0) is 10.3 Å². The molecule has 1 aliphatic heterocycles. The van der Waals surface area contributed by atoms with E-state index in [1.807, 2.05) is 6.92 Å². The number of carbonyl (C=O) groups is 2. The molecule has 0 aromatic carbocycles. The third-order valence-electron chi connectivity index (χ3n) is 2.65. The third kappa shape index (κ3) is 1.36. The SMILES string of the molecule is CCC1(c2ccncc2)NC(=O)NC1=O. The van der Waals surface area contributed by atoms with Crippen molar-refractivity contribution in [1.82, 2.24) is 15.6 Å². The molecule has 78 valence electrons. The Morgan fingerprint density at radius 3 is 2.47 bits per heavy atom. The largest absolute Gasteiger partial charge is 0.322 e. The highest BCUT2D eigenvalue weighted by molar-refractivity contribution is 6.07. The van der Waals surface area contributed by atoms with E-state index in [-0.39, 0.29) is 5.91 Å². The van der Waals surface area contributed by atoms with Gasteiger partial charge in [0.15, 0.2) is 0 Å². The fourth-order valence-corrected chi connectivity index (χ4v) is 1.78. The number of nitrogens with one attached hydrogen (secondary N) is 2. The summed E-state index contributed by atoms with van der Waals surface area (Å²) >= 11 is 0. The number of nitrogens with zero attached hydrogens (tertiary/aromatic N) is 1. The maximum absolute atomic E-state index is 11.7. The number of imide groups is 1. The average Bonchev–Trinajstić information content (AvgIpc) is 2.56. The van der Waals surface area contributed by atoms with E-state index in [9.17, 15) is 9.59 Å². The lowest BCUT2D eigenvalue weighted by atomic mass is 9.88. The van der Waals surface area contributed by atoms with Crippen LogP contribution >= 0.6 is 0 Å². The summed E-state index contributed by atoms with van der Waals surface area (Å²) in [5.74, 6) is -0.304. The first kappa shape index (κ1) is 9.64. The van der Waals surface area contributed by atoms with Gasteiger partial charge in [-0.1, -0.05) is 6.92 Å². The third-order valence-corrected chi connectivity index (χ3v) is 2.65. The number of hydrogen-bond donors (Lipinski definition) is 2. The summed E-state index contributed by atoms with van der Waals surface area (Å²) in [5, 5.41) is 4.90. The quantitative estimate of drug-likeness (QED) is 0.692. The molecule has 2 rings (SSSR count). The molecule has 0 bridgehead atoms. The van der Waals surface area contributed by atoms with Gasteiger partial charge in [0, 0.05) is 12.4 Å². The summed E-state index contributed by atoms with van der Waals surface area (Å²) in [6.07, 6.45) is 3.71. The summed E-state index contributed by atoms with van der Waals surface area (Å²) in [5.41, 5.74) is -0.177. The summed E-state index contributed by atoms with van der Waals surface area (Å²) in [6.45, 7) is 1.85. The molecule has 15 heavy (non-hydrogen) atoms. The number of amides is 3. The molecule has 1 aromatic rings. The van der Waals surface area contributed by atoms with Gasteiger partial charge in [0.05, 0.1) is 0 Å². The standard InChI is InChI=1S/C10H11N3O2/c1-2-10(7-3-5-11-6-4-7)8(14)12-9(15)13-10/h3-6H,2H2,1H3,(H2,12,13,14,15). The number of urea groups is 1. The summed E-state index contributed by atoms with van der Waals surface area (Å²) in [7, 11) is 0. The fraction of sp³-hybridized carbons (Fsp3) is 0.300. The van der Waals surface area contributed by atoms with Crippen LogP contribution in [0.5, 0.6) is 0 Å². The summed E-state index contributed by atoms with van der Waals surface area (Å²) in [6, 6.07) is 3.02. The monoisotopic (exact) mass is 205 g/mol.